The highest BCUT2D eigenvalue weighted by atomic mass is 35.5. The molecule has 0 aliphatic carbocycles. The van der Waals surface area contributed by atoms with Gasteiger partial charge in [0, 0.05) is 29.4 Å². The van der Waals surface area contributed by atoms with E-state index in [-0.39, 0.29) is 0 Å². The van der Waals surface area contributed by atoms with Crippen molar-refractivity contribution in [3.05, 3.63) is 82.6 Å². The number of aromatic nitrogens is 3. The molecule has 0 bridgehead atoms. The molecule has 0 unspecified atom stereocenters. The summed E-state index contributed by atoms with van der Waals surface area (Å²) in [7, 11) is 0. The Morgan fingerprint density at radius 3 is 2.43 bits per heavy atom. The number of aryl methyl sites for hydroxylation is 4. The van der Waals surface area contributed by atoms with E-state index in [1.54, 1.807) is 6.20 Å². The minimum Gasteiger partial charge on any atom is -0.494 e. The molecule has 30 heavy (non-hydrogen) atoms. The Hall–Kier alpha value is -3.05. The van der Waals surface area contributed by atoms with Gasteiger partial charge in [-0.3, -0.25) is 4.57 Å². The number of ether oxygens (including phenoxy) is 1. The fraction of sp³-hybridized carbons (Fsp3) is 0.250. The third kappa shape index (κ3) is 4.57. The van der Waals surface area contributed by atoms with Crippen molar-refractivity contribution >= 4 is 11.6 Å². The minimum atomic E-state index is 0.514. The molecule has 0 fully saturated rings. The molecule has 0 aliphatic heterocycles. The van der Waals surface area contributed by atoms with Gasteiger partial charge >= 0.3 is 6.01 Å². The predicted molar refractivity (Wildman–Crippen MR) is 119 cm³/mol. The van der Waals surface area contributed by atoms with Crippen LogP contribution in [0.15, 0.2) is 59.3 Å². The minimum absolute atomic E-state index is 0.514. The molecule has 0 N–H and O–H groups in total. The Balaban J connectivity index is 1.52. The van der Waals surface area contributed by atoms with E-state index in [4.69, 9.17) is 25.7 Å². The second-order valence-electron chi connectivity index (χ2n) is 7.40. The van der Waals surface area contributed by atoms with Crippen molar-refractivity contribution in [2.24, 2.45) is 0 Å². The van der Waals surface area contributed by atoms with Crippen molar-refractivity contribution in [3.63, 3.8) is 0 Å². The molecule has 4 rings (SSSR count). The molecule has 0 spiro atoms. The van der Waals surface area contributed by atoms with Crippen LogP contribution in [0.3, 0.4) is 0 Å². The van der Waals surface area contributed by atoms with Gasteiger partial charge in [-0.25, -0.2) is 4.98 Å². The fourth-order valence-electron chi connectivity index (χ4n) is 3.46. The van der Waals surface area contributed by atoms with Gasteiger partial charge < -0.3 is 9.15 Å². The first-order chi connectivity index (χ1) is 14.5. The highest BCUT2D eigenvalue weighted by Gasteiger charge is 2.17. The van der Waals surface area contributed by atoms with E-state index in [1.165, 1.54) is 11.1 Å². The van der Waals surface area contributed by atoms with Gasteiger partial charge in [-0.2, -0.15) is 4.98 Å². The summed E-state index contributed by atoms with van der Waals surface area (Å²) < 4.78 is 13.9. The van der Waals surface area contributed by atoms with Gasteiger partial charge in [-0.05, 0) is 62.6 Å². The van der Waals surface area contributed by atoms with Crippen LogP contribution in [0.25, 0.3) is 17.3 Å². The topological polar surface area (TPSA) is 53.1 Å². The maximum Gasteiger partial charge on any atom is 0.307 e. The van der Waals surface area contributed by atoms with Gasteiger partial charge in [0.05, 0.1) is 6.61 Å². The van der Waals surface area contributed by atoms with Crippen LogP contribution in [0.1, 0.15) is 29.1 Å². The highest BCUT2D eigenvalue weighted by molar-refractivity contribution is 6.30. The molecule has 2 aromatic carbocycles. The SMILES string of the molecule is Cc1cc(C)cc(OCCCc2oc(-n3ccnc3C)nc2-c2ccc(Cl)cc2)c1. The maximum absolute atomic E-state index is 6.14. The fourth-order valence-corrected chi connectivity index (χ4v) is 3.59. The standard InChI is InChI=1S/C24H24ClN3O2/c1-16-13-17(2)15-21(14-16)29-12-4-5-22-23(19-6-8-20(25)9-7-19)27-24(30-22)28-11-10-26-18(28)3/h6-11,13-15H,4-5,12H2,1-3H3. The molecule has 0 saturated carbocycles. The van der Waals surface area contributed by atoms with Crippen LogP contribution >= 0.6 is 11.6 Å². The van der Waals surface area contributed by atoms with Crippen LogP contribution in [0.5, 0.6) is 5.75 Å². The molecule has 2 aromatic heterocycles. The van der Waals surface area contributed by atoms with E-state index in [0.717, 1.165) is 35.0 Å². The van der Waals surface area contributed by atoms with Crippen LogP contribution in [-0.2, 0) is 6.42 Å². The molecule has 0 saturated heterocycles. The molecule has 5 nitrogen and oxygen atoms in total. The average molecular weight is 422 g/mol. The van der Waals surface area contributed by atoms with Crippen molar-refractivity contribution in [2.45, 2.75) is 33.6 Å². The van der Waals surface area contributed by atoms with E-state index in [1.807, 2.05) is 42.0 Å². The summed E-state index contributed by atoms with van der Waals surface area (Å²) in [5.41, 5.74) is 4.19. The number of hydrogen-bond acceptors (Lipinski definition) is 4. The molecule has 154 valence electrons. The molecular weight excluding hydrogens is 398 g/mol. The molecule has 6 heteroatoms. The van der Waals surface area contributed by atoms with Gasteiger partial charge in [0.1, 0.15) is 23.0 Å². The number of imidazole rings is 1. The predicted octanol–water partition coefficient (Wildman–Crippen LogP) is 6.12. The van der Waals surface area contributed by atoms with Gasteiger partial charge in [0.15, 0.2) is 0 Å². The van der Waals surface area contributed by atoms with Crippen LogP contribution < -0.4 is 4.74 Å². The molecule has 0 atom stereocenters. The van der Waals surface area contributed by atoms with E-state index in [2.05, 4.69) is 37.0 Å². The molecule has 0 amide bonds. The molecule has 2 heterocycles. The van der Waals surface area contributed by atoms with Crippen molar-refractivity contribution in [1.29, 1.82) is 0 Å². The summed E-state index contributed by atoms with van der Waals surface area (Å²) in [6.07, 6.45) is 5.10. The molecule has 0 radical (unpaired) electrons. The van der Waals surface area contributed by atoms with E-state index in [0.29, 0.717) is 24.1 Å². The lowest BCUT2D eigenvalue weighted by molar-refractivity contribution is 0.305. The maximum atomic E-state index is 6.14. The normalized spacial score (nSPS) is 11.1. The monoisotopic (exact) mass is 421 g/mol. The first-order valence-corrected chi connectivity index (χ1v) is 10.3. The van der Waals surface area contributed by atoms with E-state index < -0.39 is 0 Å². The van der Waals surface area contributed by atoms with E-state index in [9.17, 15) is 0 Å². The summed E-state index contributed by atoms with van der Waals surface area (Å²) in [6, 6.07) is 14.4. The largest absolute Gasteiger partial charge is 0.494 e. The van der Waals surface area contributed by atoms with Crippen molar-refractivity contribution in [1.82, 2.24) is 14.5 Å². The van der Waals surface area contributed by atoms with Gasteiger partial charge in [0.2, 0.25) is 0 Å². The lowest BCUT2D eigenvalue weighted by Gasteiger charge is -2.08. The first-order valence-electron chi connectivity index (χ1n) is 9.96. The van der Waals surface area contributed by atoms with Crippen LogP contribution in [0.2, 0.25) is 5.02 Å². The van der Waals surface area contributed by atoms with Gasteiger partial charge in [-0.1, -0.05) is 29.8 Å². The third-order valence-corrected chi connectivity index (χ3v) is 5.10. The Morgan fingerprint density at radius 2 is 1.77 bits per heavy atom. The summed E-state index contributed by atoms with van der Waals surface area (Å²) in [4.78, 5) is 9.01. The summed E-state index contributed by atoms with van der Waals surface area (Å²) in [6.45, 7) is 6.67. The number of nitrogens with zero attached hydrogens (tertiary/aromatic N) is 3. The Bertz CT molecular complexity index is 1130. The average Bonchev–Trinajstić information content (AvgIpc) is 3.31. The molecule has 0 aliphatic rings. The highest BCUT2D eigenvalue weighted by Crippen LogP contribution is 2.28. The number of oxazole rings is 1. The lowest BCUT2D eigenvalue weighted by atomic mass is 10.1. The van der Waals surface area contributed by atoms with Gasteiger partial charge in [-0.15, -0.1) is 0 Å². The quantitative estimate of drug-likeness (QED) is 0.337. The zero-order valence-electron chi connectivity index (χ0n) is 17.4. The first kappa shape index (κ1) is 20.2. The second-order valence-corrected chi connectivity index (χ2v) is 7.83. The smallest absolute Gasteiger partial charge is 0.307 e. The Kier molecular flexibility index (Phi) is 5.91. The number of rotatable bonds is 7. The van der Waals surface area contributed by atoms with Crippen molar-refractivity contribution in [2.75, 3.05) is 6.61 Å². The van der Waals surface area contributed by atoms with Crippen molar-refractivity contribution in [3.8, 4) is 23.0 Å². The number of halogens is 1. The van der Waals surface area contributed by atoms with Crippen LogP contribution in [0.4, 0.5) is 0 Å². The second kappa shape index (κ2) is 8.76. The van der Waals surface area contributed by atoms with E-state index >= 15 is 0 Å². The molecular formula is C24H24ClN3O2. The summed E-state index contributed by atoms with van der Waals surface area (Å²) in [5.74, 6) is 2.55. The number of hydrogen-bond donors (Lipinski definition) is 0. The number of benzene rings is 2. The van der Waals surface area contributed by atoms with Crippen LogP contribution in [0, 0.1) is 20.8 Å². The molecule has 4 aromatic rings. The lowest BCUT2D eigenvalue weighted by Crippen LogP contribution is -2.00. The van der Waals surface area contributed by atoms with Crippen molar-refractivity contribution < 1.29 is 9.15 Å². The summed E-state index contributed by atoms with van der Waals surface area (Å²) in [5, 5.41) is 0.691. The zero-order valence-corrected chi connectivity index (χ0v) is 18.1. The van der Waals surface area contributed by atoms with Crippen LogP contribution in [-0.4, -0.2) is 21.1 Å². The summed E-state index contributed by atoms with van der Waals surface area (Å²) >= 11 is 6.06. The Morgan fingerprint density at radius 1 is 1.03 bits per heavy atom. The van der Waals surface area contributed by atoms with Gasteiger partial charge in [0.25, 0.3) is 0 Å². The zero-order chi connectivity index (χ0) is 21.1. The Labute approximate surface area is 181 Å². The third-order valence-electron chi connectivity index (χ3n) is 4.85.